The Morgan fingerprint density at radius 2 is 0.929 bits per heavy atom. The van der Waals surface area contributed by atoms with Gasteiger partial charge >= 0.3 is 0 Å². The summed E-state index contributed by atoms with van der Waals surface area (Å²) in [7, 11) is 0. The Balaban J connectivity index is 0.000000980. The highest BCUT2D eigenvalue weighted by Crippen LogP contribution is 2.26. The first-order valence-corrected chi connectivity index (χ1v) is 6.10. The minimum Gasteiger partial charge on any atom is -0.375 e. The minimum absolute atomic E-state index is 0. The van der Waals surface area contributed by atoms with E-state index in [1.54, 1.807) is 0 Å². The topological polar surface area (TPSA) is 9.23 Å². The molecule has 2 heteroatoms. The largest absolute Gasteiger partial charge is 0.375 e. The Labute approximate surface area is 91.6 Å². The molecule has 84 valence electrons. The van der Waals surface area contributed by atoms with E-state index in [2.05, 4.69) is 0 Å². The fourth-order valence-electron chi connectivity index (χ4n) is 2.67. The van der Waals surface area contributed by atoms with Crippen LogP contribution in [0.4, 0.5) is 0 Å². The summed E-state index contributed by atoms with van der Waals surface area (Å²) in [4.78, 5) is 0. The second-order valence-electron chi connectivity index (χ2n) is 4.66. The van der Waals surface area contributed by atoms with Gasteiger partial charge in [0.2, 0.25) is 0 Å². The van der Waals surface area contributed by atoms with Gasteiger partial charge in [-0.3, -0.25) is 0 Å². The van der Waals surface area contributed by atoms with Gasteiger partial charge < -0.3 is 4.74 Å². The van der Waals surface area contributed by atoms with Crippen LogP contribution in [0.1, 0.15) is 64.2 Å². The lowest BCUT2D eigenvalue weighted by atomic mass is 9.95. The lowest BCUT2D eigenvalue weighted by molar-refractivity contribution is -0.0450. The van der Waals surface area contributed by atoms with Crippen LogP contribution in [0.15, 0.2) is 0 Å². The summed E-state index contributed by atoms with van der Waals surface area (Å²) in [6.45, 7) is 0. The molecular formula is C12H25OP. The van der Waals surface area contributed by atoms with Crippen molar-refractivity contribution in [1.29, 1.82) is 0 Å². The molecule has 0 radical (unpaired) electrons. The second kappa shape index (κ2) is 6.80. The summed E-state index contributed by atoms with van der Waals surface area (Å²) in [5.41, 5.74) is 0. The Kier molecular flexibility index (Phi) is 6.05. The number of hydrogen-bond acceptors (Lipinski definition) is 1. The maximum absolute atomic E-state index is 6.13. The van der Waals surface area contributed by atoms with E-state index >= 15 is 0 Å². The third kappa shape index (κ3) is 3.87. The molecule has 0 saturated heterocycles. The summed E-state index contributed by atoms with van der Waals surface area (Å²) >= 11 is 0. The molecule has 0 amide bonds. The first kappa shape index (κ1) is 12.5. The fourth-order valence-corrected chi connectivity index (χ4v) is 2.67. The predicted molar refractivity (Wildman–Crippen MR) is 65.9 cm³/mol. The van der Waals surface area contributed by atoms with Crippen LogP contribution in [-0.4, -0.2) is 12.2 Å². The van der Waals surface area contributed by atoms with E-state index in [0.717, 1.165) is 0 Å². The molecule has 2 fully saturated rings. The normalized spacial score (nSPS) is 25.7. The molecule has 2 aliphatic carbocycles. The van der Waals surface area contributed by atoms with Gasteiger partial charge in [-0.2, -0.15) is 9.90 Å². The van der Waals surface area contributed by atoms with Gasteiger partial charge in [-0.25, -0.2) is 0 Å². The van der Waals surface area contributed by atoms with Crippen molar-refractivity contribution >= 4 is 9.90 Å². The molecule has 0 aromatic carbocycles. The maximum Gasteiger partial charge on any atom is 0.0578 e. The molecule has 0 aromatic rings. The molecule has 1 atom stereocenters. The van der Waals surface area contributed by atoms with E-state index in [1.807, 2.05) is 0 Å². The van der Waals surface area contributed by atoms with Crippen LogP contribution in [0, 0.1) is 0 Å². The van der Waals surface area contributed by atoms with Gasteiger partial charge in [0.1, 0.15) is 0 Å². The molecule has 1 unspecified atom stereocenters. The summed E-state index contributed by atoms with van der Waals surface area (Å²) in [5, 5.41) is 0. The van der Waals surface area contributed by atoms with Crippen LogP contribution in [-0.2, 0) is 4.74 Å². The molecule has 2 saturated carbocycles. The van der Waals surface area contributed by atoms with Crippen molar-refractivity contribution in [1.82, 2.24) is 0 Å². The van der Waals surface area contributed by atoms with Gasteiger partial charge in [0.25, 0.3) is 0 Å². The summed E-state index contributed by atoms with van der Waals surface area (Å²) in [6, 6.07) is 0. The lowest BCUT2D eigenvalue weighted by Crippen LogP contribution is -2.25. The Hall–Kier alpha value is 0.390. The highest BCUT2D eigenvalue weighted by molar-refractivity contribution is 6.92. The number of ether oxygens (including phenoxy) is 1. The maximum atomic E-state index is 6.13. The van der Waals surface area contributed by atoms with Gasteiger partial charge in [-0.15, -0.1) is 0 Å². The molecule has 1 nitrogen and oxygen atoms in total. The average molecular weight is 216 g/mol. The van der Waals surface area contributed by atoms with Gasteiger partial charge in [-0.05, 0) is 25.7 Å². The quantitative estimate of drug-likeness (QED) is 0.639. The van der Waals surface area contributed by atoms with E-state index < -0.39 is 0 Å². The molecule has 2 rings (SSSR count). The third-order valence-electron chi connectivity index (χ3n) is 3.49. The fraction of sp³-hybridized carbons (Fsp3) is 1.00. The van der Waals surface area contributed by atoms with Gasteiger partial charge in [0.05, 0.1) is 12.2 Å². The van der Waals surface area contributed by atoms with E-state index in [-0.39, 0.29) is 9.90 Å². The summed E-state index contributed by atoms with van der Waals surface area (Å²) in [6.07, 6.45) is 15.0. The molecule has 0 aromatic heterocycles. The van der Waals surface area contributed by atoms with Crippen molar-refractivity contribution in [3.63, 3.8) is 0 Å². The van der Waals surface area contributed by atoms with Crippen molar-refractivity contribution in [2.24, 2.45) is 0 Å². The standard InChI is InChI=1S/C12H22O.H3P/c1-3-7-11(8-4-1)13-12-9-5-2-6-10-12;/h11-12H,1-10H2;1H3. The molecule has 0 heterocycles. The molecule has 0 bridgehead atoms. The molecule has 0 aliphatic heterocycles. The van der Waals surface area contributed by atoms with Crippen molar-refractivity contribution in [3.8, 4) is 0 Å². The van der Waals surface area contributed by atoms with Crippen LogP contribution >= 0.6 is 9.90 Å². The zero-order valence-electron chi connectivity index (χ0n) is 9.34. The van der Waals surface area contributed by atoms with Gasteiger partial charge in [0, 0.05) is 0 Å². The van der Waals surface area contributed by atoms with E-state index in [9.17, 15) is 0 Å². The van der Waals surface area contributed by atoms with Crippen molar-refractivity contribution in [2.45, 2.75) is 76.4 Å². The first-order valence-electron chi connectivity index (χ1n) is 6.10. The highest BCUT2D eigenvalue weighted by atomic mass is 31.0. The summed E-state index contributed by atoms with van der Waals surface area (Å²) in [5.74, 6) is 0. The average Bonchev–Trinajstić information content (AvgIpc) is 2.21. The zero-order chi connectivity index (χ0) is 8.93. The van der Waals surface area contributed by atoms with Crippen LogP contribution in [0.3, 0.4) is 0 Å². The minimum atomic E-state index is 0. The van der Waals surface area contributed by atoms with E-state index in [0.29, 0.717) is 12.2 Å². The molecule has 2 aliphatic rings. The van der Waals surface area contributed by atoms with Crippen LogP contribution in [0.25, 0.3) is 0 Å². The van der Waals surface area contributed by atoms with Crippen molar-refractivity contribution < 1.29 is 4.74 Å². The monoisotopic (exact) mass is 216 g/mol. The van der Waals surface area contributed by atoms with Crippen LogP contribution in [0.5, 0.6) is 0 Å². The Morgan fingerprint density at radius 1 is 0.571 bits per heavy atom. The zero-order valence-corrected chi connectivity index (χ0v) is 10.8. The number of hydrogen-bond donors (Lipinski definition) is 0. The van der Waals surface area contributed by atoms with E-state index in [4.69, 9.17) is 4.74 Å². The predicted octanol–water partition coefficient (Wildman–Crippen LogP) is 3.73. The van der Waals surface area contributed by atoms with Crippen molar-refractivity contribution in [2.75, 3.05) is 0 Å². The van der Waals surface area contributed by atoms with Gasteiger partial charge in [-0.1, -0.05) is 38.5 Å². The Bertz CT molecular complexity index is 121. The Morgan fingerprint density at radius 3 is 1.29 bits per heavy atom. The highest BCUT2D eigenvalue weighted by Gasteiger charge is 2.20. The van der Waals surface area contributed by atoms with Crippen LogP contribution in [0.2, 0.25) is 0 Å². The molecular weight excluding hydrogens is 191 g/mol. The second-order valence-corrected chi connectivity index (χ2v) is 4.66. The molecule has 14 heavy (non-hydrogen) atoms. The lowest BCUT2D eigenvalue weighted by Gasteiger charge is -2.29. The molecule has 0 N–H and O–H groups in total. The third-order valence-corrected chi connectivity index (χ3v) is 3.49. The molecule has 0 spiro atoms. The summed E-state index contributed by atoms with van der Waals surface area (Å²) < 4.78 is 6.13. The number of rotatable bonds is 2. The van der Waals surface area contributed by atoms with Crippen molar-refractivity contribution in [3.05, 3.63) is 0 Å². The SMILES string of the molecule is C1CCC(OC2CCCCC2)CC1.P. The van der Waals surface area contributed by atoms with Crippen LogP contribution < -0.4 is 0 Å². The smallest absolute Gasteiger partial charge is 0.0578 e. The first-order chi connectivity index (χ1) is 6.45. The van der Waals surface area contributed by atoms with Gasteiger partial charge in [0.15, 0.2) is 0 Å². The van der Waals surface area contributed by atoms with E-state index in [1.165, 1.54) is 64.2 Å².